The molecule has 1 heterocycles. The monoisotopic (exact) mass is 332 g/mol. The van der Waals surface area contributed by atoms with Crippen molar-refractivity contribution < 1.29 is 9.59 Å². The van der Waals surface area contributed by atoms with E-state index in [2.05, 4.69) is 12.2 Å². The van der Waals surface area contributed by atoms with Crippen molar-refractivity contribution in [2.45, 2.75) is 77.3 Å². The van der Waals surface area contributed by atoms with E-state index < -0.39 is 5.66 Å². The van der Waals surface area contributed by atoms with Crippen molar-refractivity contribution in [3.63, 3.8) is 0 Å². The Kier molecular flexibility index (Phi) is 3.83. The second-order valence-corrected chi connectivity index (χ2v) is 9.18. The molecule has 3 aliphatic carbocycles. The first-order valence-electron chi connectivity index (χ1n) is 10.0. The number of piperidine rings is 1. The highest BCUT2D eigenvalue weighted by molar-refractivity contribution is 5.82. The number of ketones is 1. The molecule has 4 fully saturated rings. The number of Topliss-reactive ketones (excluding diaryl/α,β-unsaturated/α-hetero) is 1. The van der Waals surface area contributed by atoms with Crippen LogP contribution in [0.5, 0.6) is 0 Å². The van der Waals surface area contributed by atoms with E-state index in [1.165, 1.54) is 32.1 Å². The first-order valence-corrected chi connectivity index (χ1v) is 10.0. The Morgan fingerprint density at radius 2 is 2.08 bits per heavy atom. The molecule has 1 amide bonds. The van der Waals surface area contributed by atoms with E-state index in [1.807, 2.05) is 6.92 Å². The minimum absolute atomic E-state index is 0.0439. The van der Waals surface area contributed by atoms with Gasteiger partial charge in [-0.1, -0.05) is 26.7 Å². The van der Waals surface area contributed by atoms with Crippen LogP contribution in [-0.2, 0) is 9.59 Å². The highest BCUT2D eigenvalue weighted by Gasteiger charge is 2.64. The Morgan fingerprint density at radius 3 is 2.83 bits per heavy atom. The number of nitrogens with two attached hydrogens (primary N) is 1. The van der Waals surface area contributed by atoms with E-state index in [-0.39, 0.29) is 17.2 Å². The lowest BCUT2D eigenvalue weighted by molar-refractivity contribution is -0.164. The standard InChI is InChI=1S/C20H32N2O2/c1-3-16(23)14-11-20(21)19(2,10-9-17(24)22-20)15-8-7-12-5-4-6-13(12)18(14)15/h12-15,18H,3-11,21H2,1-2H3,(H,22,24)/t12?,13?,14?,15?,18?,19?,20-/m1/s1. The molecule has 4 nitrogen and oxygen atoms in total. The fourth-order valence-electron chi connectivity index (χ4n) is 7.06. The highest BCUT2D eigenvalue weighted by Crippen LogP contribution is 2.63. The minimum Gasteiger partial charge on any atom is -0.338 e. The van der Waals surface area contributed by atoms with Crippen molar-refractivity contribution in [1.29, 1.82) is 0 Å². The number of carbonyl (C=O) groups is 2. The number of hydrogen-bond acceptors (Lipinski definition) is 3. The number of carbonyl (C=O) groups excluding carboxylic acids is 2. The molecule has 3 N–H and O–H groups in total. The van der Waals surface area contributed by atoms with Gasteiger partial charge in [0.15, 0.2) is 0 Å². The molecule has 0 spiro atoms. The van der Waals surface area contributed by atoms with Gasteiger partial charge in [0.25, 0.3) is 0 Å². The lowest BCUT2D eigenvalue weighted by Gasteiger charge is -2.64. The zero-order valence-electron chi connectivity index (χ0n) is 15.1. The summed E-state index contributed by atoms with van der Waals surface area (Å²) in [5.74, 6) is 2.98. The van der Waals surface area contributed by atoms with Gasteiger partial charge in [0.1, 0.15) is 5.78 Å². The summed E-state index contributed by atoms with van der Waals surface area (Å²) in [5, 5.41) is 3.12. The van der Waals surface area contributed by atoms with Crippen molar-refractivity contribution >= 4 is 11.7 Å². The van der Waals surface area contributed by atoms with Crippen molar-refractivity contribution in [2.24, 2.45) is 40.7 Å². The average Bonchev–Trinajstić information content (AvgIpc) is 3.03. The van der Waals surface area contributed by atoms with Gasteiger partial charge in [-0.15, -0.1) is 0 Å². The average molecular weight is 332 g/mol. The van der Waals surface area contributed by atoms with Gasteiger partial charge in [0, 0.05) is 24.2 Å². The summed E-state index contributed by atoms with van der Waals surface area (Å²) in [6.45, 7) is 4.27. The van der Waals surface area contributed by atoms with Crippen LogP contribution in [0.15, 0.2) is 0 Å². The van der Waals surface area contributed by atoms with Gasteiger partial charge >= 0.3 is 0 Å². The van der Waals surface area contributed by atoms with Crippen LogP contribution in [0.4, 0.5) is 0 Å². The summed E-state index contributed by atoms with van der Waals surface area (Å²) in [6.07, 6.45) is 9.13. The van der Waals surface area contributed by atoms with Crippen LogP contribution >= 0.6 is 0 Å². The van der Waals surface area contributed by atoms with Crippen LogP contribution in [0.2, 0.25) is 0 Å². The van der Waals surface area contributed by atoms with Gasteiger partial charge in [-0.3, -0.25) is 9.59 Å². The smallest absolute Gasteiger partial charge is 0.221 e. The van der Waals surface area contributed by atoms with E-state index in [0.29, 0.717) is 42.8 Å². The summed E-state index contributed by atoms with van der Waals surface area (Å²) in [5.41, 5.74) is 6.06. The third-order valence-corrected chi connectivity index (χ3v) is 8.37. The topological polar surface area (TPSA) is 72.2 Å². The van der Waals surface area contributed by atoms with Gasteiger partial charge in [-0.2, -0.15) is 0 Å². The summed E-state index contributed by atoms with van der Waals surface area (Å²) in [7, 11) is 0. The molecule has 7 atom stereocenters. The fraction of sp³-hybridized carbons (Fsp3) is 0.900. The zero-order chi connectivity index (χ0) is 17.1. The third-order valence-electron chi connectivity index (χ3n) is 8.37. The molecule has 1 aliphatic heterocycles. The molecule has 134 valence electrons. The third kappa shape index (κ3) is 2.14. The Bertz CT molecular complexity index is 562. The van der Waals surface area contributed by atoms with E-state index in [1.54, 1.807) is 0 Å². The Morgan fingerprint density at radius 1 is 1.29 bits per heavy atom. The lowest BCUT2D eigenvalue weighted by atomic mass is 9.45. The Balaban J connectivity index is 1.76. The second kappa shape index (κ2) is 5.55. The van der Waals surface area contributed by atoms with E-state index in [4.69, 9.17) is 5.73 Å². The molecule has 4 aliphatic rings. The summed E-state index contributed by atoms with van der Waals surface area (Å²) >= 11 is 0. The fourth-order valence-corrected chi connectivity index (χ4v) is 7.06. The van der Waals surface area contributed by atoms with Gasteiger partial charge in [-0.25, -0.2) is 0 Å². The molecular formula is C20H32N2O2. The van der Waals surface area contributed by atoms with Crippen molar-refractivity contribution in [3.8, 4) is 0 Å². The molecule has 0 bridgehead atoms. The van der Waals surface area contributed by atoms with Gasteiger partial charge in [0.2, 0.25) is 5.91 Å². The largest absolute Gasteiger partial charge is 0.338 e. The molecule has 1 saturated heterocycles. The maximum atomic E-state index is 12.8. The Hall–Kier alpha value is -0.900. The maximum absolute atomic E-state index is 12.8. The summed E-state index contributed by atoms with van der Waals surface area (Å²) in [6, 6.07) is 0. The van der Waals surface area contributed by atoms with E-state index >= 15 is 0 Å². The highest BCUT2D eigenvalue weighted by atomic mass is 16.2. The van der Waals surface area contributed by atoms with Crippen LogP contribution in [-0.4, -0.2) is 17.4 Å². The number of rotatable bonds is 2. The number of fused-ring (bicyclic) bond motifs is 5. The van der Waals surface area contributed by atoms with Crippen molar-refractivity contribution in [1.82, 2.24) is 5.32 Å². The van der Waals surface area contributed by atoms with Crippen LogP contribution in [0, 0.1) is 35.0 Å². The molecule has 6 unspecified atom stereocenters. The van der Waals surface area contributed by atoms with Crippen molar-refractivity contribution in [3.05, 3.63) is 0 Å². The molecule has 4 rings (SSSR count). The Labute approximate surface area is 145 Å². The first-order chi connectivity index (χ1) is 11.4. The summed E-state index contributed by atoms with van der Waals surface area (Å²) in [4.78, 5) is 24.9. The lowest BCUT2D eigenvalue weighted by Crippen LogP contribution is -2.75. The predicted octanol–water partition coefficient (Wildman–Crippen LogP) is 3.00. The molecule has 0 aromatic carbocycles. The van der Waals surface area contributed by atoms with Crippen molar-refractivity contribution in [2.75, 3.05) is 0 Å². The molecular weight excluding hydrogens is 300 g/mol. The van der Waals surface area contributed by atoms with Gasteiger partial charge in [0.05, 0.1) is 5.66 Å². The summed E-state index contributed by atoms with van der Waals surface area (Å²) < 4.78 is 0. The number of amides is 1. The second-order valence-electron chi connectivity index (χ2n) is 9.18. The molecule has 0 radical (unpaired) electrons. The molecule has 4 heteroatoms. The van der Waals surface area contributed by atoms with E-state index in [0.717, 1.165) is 12.3 Å². The first kappa shape index (κ1) is 16.6. The SMILES string of the molecule is CCC(=O)C1C[C@@]2(N)NC(=O)CCC2(C)C2CCC3CCCC3C12. The predicted molar refractivity (Wildman–Crippen MR) is 92.9 cm³/mol. The number of nitrogens with one attached hydrogen (secondary N) is 1. The molecule has 0 aromatic rings. The molecule has 0 aromatic heterocycles. The minimum atomic E-state index is -0.704. The van der Waals surface area contributed by atoms with E-state index in [9.17, 15) is 9.59 Å². The van der Waals surface area contributed by atoms with Gasteiger partial charge in [-0.05, 0) is 55.8 Å². The van der Waals surface area contributed by atoms with Crippen LogP contribution < -0.4 is 11.1 Å². The molecule has 3 saturated carbocycles. The maximum Gasteiger partial charge on any atom is 0.221 e. The van der Waals surface area contributed by atoms with Crippen LogP contribution in [0.3, 0.4) is 0 Å². The van der Waals surface area contributed by atoms with Crippen LogP contribution in [0.25, 0.3) is 0 Å². The van der Waals surface area contributed by atoms with Crippen LogP contribution in [0.1, 0.15) is 71.6 Å². The molecule has 24 heavy (non-hydrogen) atoms. The quantitative estimate of drug-likeness (QED) is 0.816. The van der Waals surface area contributed by atoms with Gasteiger partial charge < -0.3 is 11.1 Å². The number of hydrogen-bond donors (Lipinski definition) is 2. The zero-order valence-corrected chi connectivity index (χ0v) is 15.1. The normalized spacial score (nSPS) is 50.5.